The molecule has 0 aliphatic heterocycles. The van der Waals surface area contributed by atoms with Crippen molar-refractivity contribution >= 4 is 15.8 Å². The van der Waals surface area contributed by atoms with Gasteiger partial charge in [0.1, 0.15) is 11.9 Å². The van der Waals surface area contributed by atoms with E-state index in [1.54, 1.807) is 6.07 Å². The van der Waals surface area contributed by atoms with Gasteiger partial charge in [0.15, 0.2) is 0 Å². The Morgan fingerprint density at radius 1 is 1.35 bits per heavy atom. The topological polar surface area (TPSA) is 82.9 Å². The van der Waals surface area contributed by atoms with Crippen molar-refractivity contribution in [1.82, 2.24) is 4.98 Å². The van der Waals surface area contributed by atoms with Crippen molar-refractivity contribution in [3.63, 3.8) is 0 Å². The third-order valence-electron chi connectivity index (χ3n) is 2.88. The van der Waals surface area contributed by atoms with Crippen molar-refractivity contribution in [2.24, 2.45) is 0 Å². The number of nitrogens with one attached hydrogen (secondary N) is 1. The van der Waals surface area contributed by atoms with Crippen LogP contribution in [0.1, 0.15) is 31.2 Å². The minimum atomic E-state index is -3.33. The maximum absolute atomic E-state index is 11.9. The third kappa shape index (κ3) is 2.74. The van der Waals surface area contributed by atoms with Gasteiger partial charge >= 0.3 is 0 Å². The van der Waals surface area contributed by atoms with Gasteiger partial charge in [-0.1, -0.05) is 12.8 Å². The summed E-state index contributed by atoms with van der Waals surface area (Å²) in [5.74, 6) is 0.274. The molecule has 0 bridgehead atoms. The maximum Gasteiger partial charge on any atom is 0.236 e. The van der Waals surface area contributed by atoms with Gasteiger partial charge < -0.3 is 0 Å². The van der Waals surface area contributed by atoms with Crippen LogP contribution in [-0.4, -0.2) is 18.7 Å². The summed E-state index contributed by atoms with van der Waals surface area (Å²) < 4.78 is 26.3. The van der Waals surface area contributed by atoms with E-state index in [0.717, 1.165) is 12.8 Å². The molecular weight excluding hydrogens is 238 g/mol. The fourth-order valence-electron chi connectivity index (χ4n) is 1.95. The van der Waals surface area contributed by atoms with Gasteiger partial charge in [0.25, 0.3) is 0 Å². The second kappa shape index (κ2) is 4.72. The Labute approximate surface area is 101 Å². The third-order valence-corrected chi connectivity index (χ3v) is 4.72. The Kier molecular flexibility index (Phi) is 3.29. The number of nitrogens with zero attached hydrogens (tertiary/aromatic N) is 2. The van der Waals surface area contributed by atoms with Crippen LogP contribution in [0.4, 0.5) is 5.82 Å². The maximum atomic E-state index is 11.9. The first-order valence-corrected chi connectivity index (χ1v) is 7.04. The van der Waals surface area contributed by atoms with Crippen LogP contribution in [0.5, 0.6) is 0 Å². The predicted octanol–water partition coefficient (Wildman–Crippen LogP) is 1.64. The molecule has 0 amide bonds. The SMILES string of the molecule is N#Cc1ccc(NS(=O)(=O)C2CCCC2)nc1. The number of rotatable bonds is 3. The Morgan fingerprint density at radius 2 is 2.06 bits per heavy atom. The first kappa shape index (κ1) is 11.9. The molecule has 2 rings (SSSR count). The summed E-state index contributed by atoms with van der Waals surface area (Å²) in [5.41, 5.74) is 0.411. The minimum absolute atomic E-state index is 0.274. The van der Waals surface area contributed by atoms with Crippen molar-refractivity contribution < 1.29 is 8.42 Å². The zero-order valence-electron chi connectivity index (χ0n) is 9.26. The quantitative estimate of drug-likeness (QED) is 0.885. The molecule has 0 radical (unpaired) electrons. The van der Waals surface area contributed by atoms with Gasteiger partial charge in [-0.3, -0.25) is 4.72 Å². The molecule has 0 spiro atoms. The Morgan fingerprint density at radius 3 is 2.59 bits per heavy atom. The van der Waals surface area contributed by atoms with Crippen molar-refractivity contribution in [2.45, 2.75) is 30.9 Å². The van der Waals surface area contributed by atoms with Gasteiger partial charge in [0.2, 0.25) is 10.0 Å². The van der Waals surface area contributed by atoms with Gasteiger partial charge in [-0.2, -0.15) is 5.26 Å². The highest BCUT2D eigenvalue weighted by Crippen LogP contribution is 2.25. The van der Waals surface area contributed by atoms with Crippen LogP contribution in [0.25, 0.3) is 0 Å². The molecule has 5 nitrogen and oxygen atoms in total. The number of hydrogen-bond donors (Lipinski definition) is 1. The summed E-state index contributed by atoms with van der Waals surface area (Å²) in [6.45, 7) is 0. The van der Waals surface area contributed by atoms with E-state index in [-0.39, 0.29) is 11.1 Å². The summed E-state index contributed by atoms with van der Waals surface area (Å²) >= 11 is 0. The van der Waals surface area contributed by atoms with E-state index in [1.165, 1.54) is 12.3 Å². The van der Waals surface area contributed by atoms with Crippen LogP contribution in [0.15, 0.2) is 18.3 Å². The molecule has 0 saturated heterocycles. The number of hydrogen-bond acceptors (Lipinski definition) is 4. The molecule has 0 atom stereocenters. The van der Waals surface area contributed by atoms with Crippen molar-refractivity contribution in [3.05, 3.63) is 23.9 Å². The zero-order valence-corrected chi connectivity index (χ0v) is 10.1. The van der Waals surface area contributed by atoms with Gasteiger partial charge in [-0.25, -0.2) is 13.4 Å². The number of anilines is 1. The van der Waals surface area contributed by atoms with E-state index in [2.05, 4.69) is 9.71 Å². The van der Waals surface area contributed by atoms with E-state index in [1.807, 2.05) is 6.07 Å². The van der Waals surface area contributed by atoms with Gasteiger partial charge in [-0.05, 0) is 25.0 Å². The monoisotopic (exact) mass is 251 g/mol. The highest BCUT2D eigenvalue weighted by molar-refractivity contribution is 7.93. The van der Waals surface area contributed by atoms with Gasteiger partial charge in [-0.15, -0.1) is 0 Å². The number of pyridine rings is 1. The Hall–Kier alpha value is -1.61. The number of nitriles is 1. The summed E-state index contributed by atoms with van der Waals surface area (Å²) in [5, 5.41) is 8.30. The van der Waals surface area contributed by atoms with Crippen LogP contribution in [0, 0.1) is 11.3 Å². The lowest BCUT2D eigenvalue weighted by Crippen LogP contribution is -2.25. The fraction of sp³-hybridized carbons (Fsp3) is 0.455. The lowest BCUT2D eigenvalue weighted by molar-refractivity contribution is 0.585. The average Bonchev–Trinajstić information content (AvgIpc) is 2.84. The summed E-state index contributed by atoms with van der Waals surface area (Å²) in [4.78, 5) is 3.89. The molecule has 0 unspecified atom stereocenters. The van der Waals surface area contributed by atoms with E-state index >= 15 is 0 Å². The van der Waals surface area contributed by atoms with E-state index in [9.17, 15) is 8.42 Å². The molecule has 1 N–H and O–H groups in total. The molecule has 1 saturated carbocycles. The van der Waals surface area contributed by atoms with Gasteiger partial charge in [0.05, 0.1) is 10.8 Å². The summed E-state index contributed by atoms with van der Waals surface area (Å²) in [6.07, 6.45) is 4.71. The first-order valence-electron chi connectivity index (χ1n) is 5.49. The van der Waals surface area contributed by atoms with Crippen LogP contribution in [0.2, 0.25) is 0 Å². The van der Waals surface area contributed by atoms with Crippen LogP contribution in [-0.2, 0) is 10.0 Å². The van der Waals surface area contributed by atoms with Crippen LogP contribution >= 0.6 is 0 Å². The minimum Gasteiger partial charge on any atom is -0.267 e. The van der Waals surface area contributed by atoms with E-state index in [0.29, 0.717) is 18.4 Å². The second-order valence-corrected chi connectivity index (χ2v) is 6.06. The van der Waals surface area contributed by atoms with Crippen LogP contribution in [0.3, 0.4) is 0 Å². The molecule has 0 aromatic carbocycles. The van der Waals surface area contributed by atoms with Crippen LogP contribution < -0.4 is 4.72 Å². The van der Waals surface area contributed by atoms with E-state index < -0.39 is 10.0 Å². The molecule has 1 aliphatic carbocycles. The van der Waals surface area contributed by atoms with Crippen molar-refractivity contribution in [2.75, 3.05) is 4.72 Å². The highest BCUT2D eigenvalue weighted by Gasteiger charge is 2.28. The molecule has 1 aromatic heterocycles. The predicted molar refractivity (Wildman–Crippen MR) is 63.8 cm³/mol. The Bertz CT molecular complexity index is 525. The molecule has 1 fully saturated rings. The lowest BCUT2D eigenvalue weighted by atomic mass is 10.3. The molecule has 1 heterocycles. The molecule has 6 heteroatoms. The second-order valence-electron chi connectivity index (χ2n) is 4.10. The fourth-order valence-corrected chi connectivity index (χ4v) is 3.48. The average molecular weight is 251 g/mol. The highest BCUT2D eigenvalue weighted by atomic mass is 32.2. The molecule has 17 heavy (non-hydrogen) atoms. The van der Waals surface area contributed by atoms with E-state index in [4.69, 9.17) is 5.26 Å². The summed E-state index contributed by atoms with van der Waals surface area (Å²) in [7, 11) is -3.33. The lowest BCUT2D eigenvalue weighted by Gasteiger charge is -2.12. The number of sulfonamides is 1. The smallest absolute Gasteiger partial charge is 0.236 e. The van der Waals surface area contributed by atoms with Crippen molar-refractivity contribution in [3.8, 4) is 6.07 Å². The first-order chi connectivity index (χ1) is 8.12. The number of aromatic nitrogens is 1. The normalized spacial score (nSPS) is 16.6. The Balaban J connectivity index is 2.11. The molecular formula is C11H13N3O2S. The largest absolute Gasteiger partial charge is 0.267 e. The van der Waals surface area contributed by atoms with Crippen molar-refractivity contribution in [1.29, 1.82) is 5.26 Å². The molecule has 90 valence electrons. The molecule has 1 aliphatic rings. The standard InChI is InChI=1S/C11H13N3O2S/c12-7-9-5-6-11(13-8-9)14-17(15,16)10-3-1-2-4-10/h5-6,8,10H,1-4H2,(H,13,14). The van der Waals surface area contributed by atoms with Gasteiger partial charge in [0, 0.05) is 6.20 Å². The molecule has 1 aromatic rings. The zero-order chi connectivity index (χ0) is 12.3. The summed E-state index contributed by atoms with van der Waals surface area (Å²) in [6, 6.07) is 4.98.